The van der Waals surface area contributed by atoms with Gasteiger partial charge in [0, 0.05) is 0 Å². The Kier molecular flexibility index (Phi) is 17.6. The van der Waals surface area contributed by atoms with Crippen molar-refractivity contribution in [3.63, 3.8) is 0 Å². The molecule has 0 rings (SSSR count). The Morgan fingerprint density at radius 3 is 1.76 bits per heavy atom. The number of ether oxygens (including phenoxy) is 4. The van der Waals surface area contributed by atoms with Crippen LogP contribution < -0.4 is 0 Å². The number of aliphatic hydroxyl groups excluding tert-OH is 2. The molecule has 0 fully saturated rings. The average molecular weight is 308 g/mol. The summed E-state index contributed by atoms with van der Waals surface area (Å²) in [5, 5.41) is 17.2. The molecule has 0 amide bonds. The highest BCUT2D eigenvalue weighted by molar-refractivity contribution is 4.49. The summed E-state index contributed by atoms with van der Waals surface area (Å²) in [5.74, 6) is 0. The van der Waals surface area contributed by atoms with Gasteiger partial charge in [-0.25, -0.2) is 0 Å². The maximum absolute atomic E-state index is 8.61. The van der Waals surface area contributed by atoms with E-state index in [4.69, 9.17) is 29.2 Å². The summed E-state index contributed by atoms with van der Waals surface area (Å²) in [4.78, 5) is 0. The van der Waals surface area contributed by atoms with E-state index in [9.17, 15) is 0 Å². The SMILES string of the molecule is CCCCCCC(OCCOCCO)OCCOCCO. The molecule has 6 heteroatoms. The molecule has 0 aliphatic heterocycles. The molecule has 0 aromatic rings. The van der Waals surface area contributed by atoms with Gasteiger partial charge < -0.3 is 29.2 Å². The fraction of sp³-hybridized carbons (Fsp3) is 1.00. The minimum atomic E-state index is -0.239. The van der Waals surface area contributed by atoms with Crippen LogP contribution in [-0.4, -0.2) is 69.4 Å². The summed E-state index contributed by atoms with van der Waals surface area (Å²) in [6.45, 7) is 4.72. The largest absolute Gasteiger partial charge is 0.394 e. The minimum Gasteiger partial charge on any atom is -0.394 e. The van der Waals surface area contributed by atoms with Gasteiger partial charge in [-0.2, -0.15) is 0 Å². The molecule has 0 aliphatic carbocycles. The van der Waals surface area contributed by atoms with Gasteiger partial charge in [-0.3, -0.25) is 0 Å². The van der Waals surface area contributed by atoms with E-state index in [1.54, 1.807) is 0 Å². The quantitative estimate of drug-likeness (QED) is 0.312. The lowest BCUT2D eigenvalue weighted by atomic mass is 10.1. The number of hydrogen-bond donors (Lipinski definition) is 2. The summed E-state index contributed by atoms with van der Waals surface area (Å²) in [7, 11) is 0. The van der Waals surface area contributed by atoms with Crippen LogP contribution in [0.25, 0.3) is 0 Å². The third-order valence-electron chi connectivity index (χ3n) is 2.83. The Bertz CT molecular complexity index is 177. The zero-order valence-corrected chi connectivity index (χ0v) is 13.3. The Balaban J connectivity index is 3.69. The van der Waals surface area contributed by atoms with Gasteiger partial charge in [-0.05, 0) is 12.8 Å². The van der Waals surface area contributed by atoms with Crippen LogP contribution in [0.4, 0.5) is 0 Å². The van der Waals surface area contributed by atoms with Gasteiger partial charge in [-0.15, -0.1) is 0 Å². The number of hydrogen-bond acceptors (Lipinski definition) is 6. The van der Waals surface area contributed by atoms with Crippen molar-refractivity contribution in [1.29, 1.82) is 0 Å². The highest BCUT2D eigenvalue weighted by Gasteiger charge is 2.09. The summed E-state index contributed by atoms with van der Waals surface area (Å²) >= 11 is 0. The van der Waals surface area contributed by atoms with Crippen molar-refractivity contribution in [2.75, 3.05) is 52.9 Å². The van der Waals surface area contributed by atoms with E-state index in [2.05, 4.69) is 6.92 Å². The van der Waals surface area contributed by atoms with E-state index in [0.717, 1.165) is 12.8 Å². The zero-order chi connectivity index (χ0) is 15.6. The Morgan fingerprint density at radius 1 is 0.714 bits per heavy atom. The maximum Gasteiger partial charge on any atom is 0.157 e. The molecule has 0 bridgehead atoms. The molecule has 0 saturated carbocycles. The van der Waals surface area contributed by atoms with E-state index >= 15 is 0 Å². The van der Waals surface area contributed by atoms with E-state index in [1.165, 1.54) is 19.3 Å². The van der Waals surface area contributed by atoms with E-state index < -0.39 is 0 Å². The molecule has 0 saturated heterocycles. The van der Waals surface area contributed by atoms with Gasteiger partial charge in [0.2, 0.25) is 0 Å². The Morgan fingerprint density at radius 2 is 1.29 bits per heavy atom. The minimum absolute atomic E-state index is 0.0269. The number of aliphatic hydroxyl groups is 2. The van der Waals surface area contributed by atoms with Crippen LogP contribution in [-0.2, 0) is 18.9 Å². The van der Waals surface area contributed by atoms with Gasteiger partial charge in [0.25, 0.3) is 0 Å². The van der Waals surface area contributed by atoms with Crippen molar-refractivity contribution in [2.24, 2.45) is 0 Å². The van der Waals surface area contributed by atoms with Crippen molar-refractivity contribution >= 4 is 0 Å². The normalized spacial score (nSPS) is 11.4. The third-order valence-corrected chi connectivity index (χ3v) is 2.83. The predicted molar refractivity (Wildman–Crippen MR) is 80.3 cm³/mol. The van der Waals surface area contributed by atoms with Gasteiger partial charge in [0.05, 0.1) is 52.9 Å². The van der Waals surface area contributed by atoms with Gasteiger partial charge in [0.15, 0.2) is 6.29 Å². The lowest BCUT2D eigenvalue weighted by Gasteiger charge is -2.18. The number of rotatable bonds is 17. The molecule has 0 atom stereocenters. The van der Waals surface area contributed by atoms with Crippen LogP contribution >= 0.6 is 0 Å². The van der Waals surface area contributed by atoms with Gasteiger partial charge in [0.1, 0.15) is 0 Å². The smallest absolute Gasteiger partial charge is 0.157 e. The van der Waals surface area contributed by atoms with Crippen LogP contribution in [0.5, 0.6) is 0 Å². The fourth-order valence-corrected chi connectivity index (χ4v) is 1.76. The molecular formula is C15H32O6. The van der Waals surface area contributed by atoms with Crippen molar-refractivity contribution in [3.8, 4) is 0 Å². The fourth-order valence-electron chi connectivity index (χ4n) is 1.76. The summed E-state index contributed by atoms with van der Waals surface area (Å²) < 4.78 is 21.6. The van der Waals surface area contributed by atoms with Crippen molar-refractivity contribution in [1.82, 2.24) is 0 Å². The molecule has 0 radical (unpaired) electrons. The summed E-state index contributed by atoms with van der Waals surface area (Å²) in [6, 6.07) is 0. The average Bonchev–Trinajstić information content (AvgIpc) is 2.50. The summed E-state index contributed by atoms with van der Waals surface area (Å²) in [5.41, 5.74) is 0. The Hall–Kier alpha value is -0.240. The van der Waals surface area contributed by atoms with Gasteiger partial charge >= 0.3 is 0 Å². The number of unbranched alkanes of at least 4 members (excludes halogenated alkanes) is 3. The van der Waals surface area contributed by atoms with E-state index in [-0.39, 0.29) is 19.5 Å². The first-order valence-corrected chi connectivity index (χ1v) is 7.95. The highest BCUT2D eigenvalue weighted by Crippen LogP contribution is 2.09. The molecule has 0 spiro atoms. The predicted octanol–water partition coefficient (Wildman–Crippen LogP) is 1.33. The molecule has 6 nitrogen and oxygen atoms in total. The maximum atomic E-state index is 8.61. The van der Waals surface area contributed by atoms with Crippen molar-refractivity contribution < 1.29 is 29.2 Å². The van der Waals surface area contributed by atoms with Crippen LogP contribution in [0.1, 0.15) is 39.0 Å². The highest BCUT2D eigenvalue weighted by atomic mass is 16.7. The van der Waals surface area contributed by atoms with Crippen LogP contribution in [0.3, 0.4) is 0 Å². The third kappa shape index (κ3) is 16.0. The molecule has 21 heavy (non-hydrogen) atoms. The standard InChI is InChI=1S/C15H32O6/c1-2-3-4-5-6-15(20-13-11-18-9-7-16)21-14-12-19-10-8-17/h15-17H,2-14H2,1H3. The molecular weight excluding hydrogens is 276 g/mol. The summed E-state index contributed by atoms with van der Waals surface area (Å²) in [6.07, 6.45) is 5.31. The molecule has 0 aliphatic rings. The first-order chi connectivity index (χ1) is 10.3. The molecule has 0 aromatic carbocycles. The molecule has 0 unspecified atom stereocenters. The van der Waals surface area contributed by atoms with Crippen molar-refractivity contribution in [3.05, 3.63) is 0 Å². The van der Waals surface area contributed by atoms with E-state index in [1.807, 2.05) is 0 Å². The van der Waals surface area contributed by atoms with Crippen molar-refractivity contribution in [2.45, 2.75) is 45.3 Å². The van der Waals surface area contributed by atoms with Gasteiger partial charge in [-0.1, -0.05) is 26.2 Å². The second-order valence-corrected chi connectivity index (χ2v) is 4.69. The molecule has 0 aromatic heterocycles. The molecule has 128 valence electrons. The zero-order valence-electron chi connectivity index (χ0n) is 13.3. The lowest BCUT2D eigenvalue weighted by Crippen LogP contribution is -2.22. The van der Waals surface area contributed by atoms with Crippen LogP contribution in [0, 0.1) is 0 Å². The van der Waals surface area contributed by atoms with Crippen LogP contribution in [0.15, 0.2) is 0 Å². The Labute approximate surface area is 128 Å². The molecule has 2 N–H and O–H groups in total. The van der Waals surface area contributed by atoms with Crippen LogP contribution in [0.2, 0.25) is 0 Å². The monoisotopic (exact) mass is 308 g/mol. The molecule has 0 heterocycles. The second-order valence-electron chi connectivity index (χ2n) is 4.69. The lowest BCUT2D eigenvalue weighted by molar-refractivity contribution is -0.162. The van der Waals surface area contributed by atoms with E-state index in [0.29, 0.717) is 39.6 Å². The topological polar surface area (TPSA) is 77.4 Å². The second kappa shape index (κ2) is 17.8. The first kappa shape index (κ1) is 20.8. The first-order valence-electron chi connectivity index (χ1n) is 7.95.